The average molecular weight is 493 g/mol. The van der Waals surface area contributed by atoms with Crippen molar-refractivity contribution in [2.75, 3.05) is 17.2 Å². The van der Waals surface area contributed by atoms with Gasteiger partial charge in [-0.3, -0.25) is 14.4 Å². The molecule has 0 saturated heterocycles. The number of ether oxygens (including phenoxy) is 1. The Bertz CT molecular complexity index is 1290. The van der Waals surface area contributed by atoms with E-state index in [1.165, 1.54) is 6.21 Å². The van der Waals surface area contributed by atoms with E-state index in [-0.39, 0.29) is 12.5 Å². The highest BCUT2D eigenvalue weighted by atomic mass is 35.5. The van der Waals surface area contributed by atoms with E-state index in [4.69, 9.17) is 16.3 Å². The van der Waals surface area contributed by atoms with Gasteiger partial charge in [-0.1, -0.05) is 41.9 Å². The van der Waals surface area contributed by atoms with Gasteiger partial charge in [-0.2, -0.15) is 5.10 Å². The number of rotatable bonds is 7. The lowest BCUT2D eigenvalue weighted by Crippen LogP contribution is -2.32. The van der Waals surface area contributed by atoms with Gasteiger partial charge in [-0.25, -0.2) is 5.43 Å². The number of carbonyl (C=O) groups is 3. The van der Waals surface area contributed by atoms with Crippen molar-refractivity contribution in [1.82, 2.24) is 5.43 Å². The third-order valence-electron chi connectivity index (χ3n) is 5.12. The fourth-order valence-corrected chi connectivity index (χ4v) is 3.16. The van der Waals surface area contributed by atoms with Gasteiger partial charge in [-0.15, -0.1) is 0 Å². The maximum Gasteiger partial charge on any atom is 0.329 e. The molecular weight excluding hydrogens is 468 g/mol. The van der Waals surface area contributed by atoms with Crippen LogP contribution < -0.4 is 20.8 Å². The predicted molar refractivity (Wildman–Crippen MR) is 137 cm³/mol. The third-order valence-corrected chi connectivity index (χ3v) is 5.53. The van der Waals surface area contributed by atoms with E-state index in [2.05, 4.69) is 21.2 Å². The number of carbonyl (C=O) groups excluding carboxylic acids is 3. The Morgan fingerprint density at radius 3 is 2.46 bits per heavy atom. The number of hydrazone groups is 1. The molecule has 0 saturated carbocycles. The van der Waals surface area contributed by atoms with E-state index in [1.807, 2.05) is 32.9 Å². The summed E-state index contributed by atoms with van der Waals surface area (Å²) in [5, 5.41) is 9.66. The first-order valence-electron chi connectivity index (χ1n) is 10.7. The number of nitrogens with one attached hydrogen (secondary N) is 3. The van der Waals surface area contributed by atoms with Gasteiger partial charge in [0.15, 0.2) is 6.61 Å². The molecule has 3 N–H and O–H groups in total. The molecule has 0 fully saturated rings. The Morgan fingerprint density at radius 1 is 0.914 bits per heavy atom. The summed E-state index contributed by atoms with van der Waals surface area (Å²) in [6.45, 7) is 5.44. The molecule has 0 aliphatic rings. The van der Waals surface area contributed by atoms with Crippen molar-refractivity contribution in [1.29, 1.82) is 0 Å². The molecule has 3 aromatic carbocycles. The minimum atomic E-state index is -0.901. The van der Waals surface area contributed by atoms with Crippen molar-refractivity contribution in [3.63, 3.8) is 0 Å². The zero-order chi connectivity index (χ0) is 25.4. The van der Waals surface area contributed by atoms with Crippen LogP contribution in [0.15, 0.2) is 65.8 Å². The van der Waals surface area contributed by atoms with Crippen molar-refractivity contribution in [3.05, 3.63) is 87.9 Å². The monoisotopic (exact) mass is 492 g/mol. The van der Waals surface area contributed by atoms with E-state index >= 15 is 0 Å². The molecule has 3 rings (SSSR count). The standard InChI is InChI=1S/C26H25ClN4O4/c1-16-6-4-9-23(18(16)3)30-25(33)26(34)31-28-14-19-7-5-8-21(12-19)35-15-24(32)29-20-11-10-17(2)22(27)13-20/h4-14H,15H2,1-3H3,(H,29,32)(H,30,33)(H,31,34)/b28-14-. The van der Waals surface area contributed by atoms with Gasteiger partial charge in [0.05, 0.1) is 6.21 Å². The minimum absolute atomic E-state index is 0.207. The molecule has 0 radical (unpaired) electrons. The summed E-state index contributed by atoms with van der Waals surface area (Å²) < 4.78 is 5.53. The number of hydrogen-bond donors (Lipinski definition) is 3. The molecule has 180 valence electrons. The van der Waals surface area contributed by atoms with Crippen LogP contribution in [0, 0.1) is 20.8 Å². The van der Waals surface area contributed by atoms with Crippen molar-refractivity contribution < 1.29 is 19.1 Å². The Morgan fingerprint density at radius 2 is 1.69 bits per heavy atom. The largest absolute Gasteiger partial charge is 0.484 e. The van der Waals surface area contributed by atoms with Crippen LogP contribution in [-0.4, -0.2) is 30.5 Å². The second-order valence-electron chi connectivity index (χ2n) is 7.77. The topological polar surface area (TPSA) is 109 Å². The second-order valence-corrected chi connectivity index (χ2v) is 8.18. The van der Waals surface area contributed by atoms with E-state index in [0.717, 1.165) is 16.7 Å². The number of anilines is 2. The number of aryl methyl sites for hydroxylation is 2. The van der Waals surface area contributed by atoms with Crippen LogP contribution in [0.2, 0.25) is 5.02 Å². The Hall–Kier alpha value is -4.17. The second kappa shape index (κ2) is 11.8. The molecule has 9 heteroatoms. The fourth-order valence-electron chi connectivity index (χ4n) is 2.98. The summed E-state index contributed by atoms with van der Waals surface area (Å²) >= 11 is 6.07. The SMILES string of the molecule is Cc1ccc(NC(=O)COc2cccc(/C=N\NC(=O)C(=O)Nc3cccc(C)c3C)c2)cc1Cl. The number of hydrogen-bond acceptors (Lipinski definition) is 5. The molecule has 0 unspecified atom stereocenters. The zero-order valence-electron chi connectivity index (χ0n) is 19.5. The van der Waals surface area contributed by atoms with E-state index in [9.17, 15) is 14.4 Å². The maximum absolute atomic E-state index is 12.2. The van der Waals surface area contributed by atoms with E-state index in [1.54, 1.807) is 48.5 Å². The van der Waals surface area contributed by atoms with Crippen LogP contribution in [0.4, 0.5) is 11.4 Å². The Labute approximate surface area is 208 Å². The fraction of sp³-hybridized carbons (Fsp3) is 0.154. The predicted octanol–water partition coefficient (Wildman–Crippen LogP) is 4.37. The lowest BCUT2D eigenvalue weighted by Gasteiger charge is -2.09. The Kier molecular flexibility index (Phi) is 8.58. The molecule has 3 aromatic rings. The van der Waals surface area contributed by atoms with Crippen LogP contribution in [0.5, 0.6) is 5.75 Å². The van der Waals surface area contributed by atoms with Gasteiger partial charge in [0.1, 0.15) is 5.75 Å². The summed E-state index contributed by atoms with van der Waals surface area (Å²) in [7, 11) is 0. The van der Waals surface area contributed by atoms with Crippen molar-refractivity contribution in [2.45, 2.75) is 20.8 Å². The zero-order valence-corrected chi connectivity index (χ0v) is 20.3. The summed E-state index contributed by atoms with van der Waals surface area (Å²) in [4.78, 5) is 36.3. The molecular formula is C26H25ClN4O4. The average Bonchev–Trinajstić information content (AvgIpc) is 2.83. The van der Waals surface area contributed by atoms with Crippen LogP contribution in [0.1, 0.15) is 22.3 Å². The number of amides is 3. The van der Waals surface area contributed by atoms with Gasteiger partial charge in [-0.05, 0) is 73.4 Å². The lowest BCUT2D eigenvalue weighted by atomic mass is 10.1. The molecule has 35 heavy (non-hydrogen) atoms. The lowest BCUT2D eigenvalue weighted by molar-refractivity contribution is -0.136. The summed E-state index contributed by atoms with van der Waals surface area (Å²) in [5.74, 6) is -1.63. The van der Waals surface area contributed by atoms with Gasteiger partial charge in [0.2, 0.25) is 0 Å². The number of halogens is 1. The normalized spacial score (nSPS) is 10.6. The Balaban J connectivity index is 1.50. The van der Waals surface area contributed by atoms with Crippen LogP contribution in [0.25, 0.3) is 0 Å². The first kappa shape index (κ1) is 25.5. The summed E-state index contributed by atoms with van der Waals surface area (Å²) in [6, 6.07) is 17.4. The van der Waals surface area contributed by atoms with E-state index < -0.39 is 11.8 Å². The molecule has 8 nitrogen and oxygen atoms in total. The highest BCUT2D eigenvalue weighted by molar-refractivity contribution is 6.39. The molecule has 0 spiro atoms. The first-order chi connectivity index (χ1) is 16.7. The minimum Gasteiger partial charge on any atom is -0.484 e. The summed E-state index contributed by atoms with van der Waals surface area (Å²) in [5.41, 5.74) is 6.73. The maximum atomic E-state index is 12.2. The molecule has 0 aromatic heterocycles. The molecule has 0 heterocycles. The van der Waals surface area contributed by atoms with Crippen LogP contribution in [0.3, 0.4) is 0 Å². The number of benzene rings is 3. The molecule has 0 aliphatic heterocycles. The van der Waals surface area contributed by atoms with Gasteiger partial charge in [0, 0.05) is 16.4 Å². The van der Waals surface area contributed by atoms with Gasteiger partial charge >= 0.3 is 11.8 Å². The summed E-state index contributed by atoms with van der Waals surface area (Å²) in [6.07, 6.45) is 1.37. The van der Waals surface area contributed by atoms with Crippen molar-refractivity contribution in [2.24, 2.45) is 5.10 Å². The molecule has 0 aliphatic carbocycles. The van der Waals surface area contributed by atoms with Crippen LogP contribution >= 0.6 is 11.6 Å². The highest BCUT2D eigenvalue weighted by Crippen LogP contribution is 2.20. The third kappa shape index (κ3) is 7.41. The van der Waals surface area contributed by atoms with Crippen molar-refractivity contribution in [3.8, 4) is 5.75 Å². The van der Waals surface area contributed by atoms with Gasteiger partial charge < -0.3 is 15.4 Å². The highest BCUT2D eigenvalue weighted by Gasteiger charge is 2.14. The van der Waals surface area contributed by atoms with E-state index in [0.29, 0.717) is 27.7 Å². The smallest absolute Gasteiger partial charge is 0.329 e. The number of nitrogens with zero attached hydrogens (tertiary/aromatic N) is 1. The van der Waals surface area contributed by atoms with Crippen LogP contribution in [-0.2, 0) is 14.4 Å². The van der Waals surface area contributed by atoms with Gasteiger partial charge in [0.25, 0.3) is 5.91 Å². The molecule has 3 amide bonds. The van der Waals surface area contributed by atoms with Crippen molar-refractivity contribution >= 4 is 46.9 Å². The molecule has 0 bridgehead atoms. The quantitative estimate of drug-likeness (QED) is 0.258. The molecule has 0 atom stereocenters. The first-order valence-corrected chi connectivity index (χ1v) is 11.1.